The zero-order valence-corrected chi connectivity index (χ0v) is 16.3. The second-order valence-electron chi connectivity index (χ2n) is 6.97. The van der Waals surface area contributed by atoms with Gasteiger partial charge in [0.25, 0.3) is 0 Å². The van der Waals surface area contributed by atoms with E-state index in [1.807, 2.05) is 0 Å². The molecule has 6 heteroatoms. The molecule has 0 spiro atoms. The van der Waals surface area contributed by atoms with Crippen LogP contribution < -0.4 is 11.5 Å². The smallest absolute Gasteiger partial charge is 0.327 e. The van der Waals surface area contributed by atoms with Crippen LogP contribution in [0.1, 0.15) is 103 Å². The van der Waals surface area contributed by atoms with E-state index >= 15 is 0 Å². The van der Waals surface area contributed by atoms with Crippen LogP contribution in [0, 0.1) is 0 Å². The first-order valence-electron chi connectivity index (χ1n) is 10.3. The molecule has 0 aliphatic carbocycles. The predicted octanol–water partition coefficient (Wildman–Crippen LogP) is 3.74. The molecule has 0 atom stereocenters. The van der Waals surface area contributed by atoms with Gasteiger partial charge in [-0.15, -0.1) is 0 Å². The number of hydrogen-bond donors (Lipinski definition) is 2. The number of carbonyl (C=O) groups is 3. The minimum atomic E-state index is -0.655. The summed E-state index contributed by atoms with van der Waals surface area (Å²) >= 11 is 0. The second kappa shape index (κ2) is 18.4. The van der Waals surface area contributed by atoms with Crippen molar-refractivity contribution in [2.45, 2.75) is 103 Å². The fraction of sp³-hybridized carbons (Fsp3) is 0.850. The summed E-state index contributed by atoms with van der Waals surface area (Å²) < 4.78 is 4.51. The van der Waals surface area contributed by atoms with Crippen molar-refractivity contribution in [2.75, 3.05) is 6.54 Å². The first kappa shape index (κ1) is 24.6. The van der Waals surface area contributed by atoms with Crippen LogP contribution >= 0.6 is 0 Å². The van der Waals surface area contributed by atoms with Crippen molar-refractivity contribution in [3.05, 3.63) is 0 Å². The van der Waals surface area contributed by atoms with Crippen molar-refractivity contribution in [3.63, 3.8) is 0 Å². The van der Waals surface area contributed by atoms with Crippen molar-refractivity contribution in [1.82, 2.24) is 0 Å². The third kappa shape index (κ3) is 18.9. The maximum Gasteiger partial charge on any atom is 0.327 e. The average Bonchev–Trinajstić information content (AvgIpc) is 2.60. The summed E-state index contributed by atoms with van der Waals surface area (Å²) in [5.41, 5.74) is 10.2. The standard InChI is InChI=1S/C20H38N2O4/c21-17-20(25)26-19(24)16-14-12-10-8-6-4-2-1-3-5-7-9-11-13-15-18(22)23/h1-17,21H2,(H2,22,23). The number of nitrogens with two attached hydrogens (primary N) is 2. The van der Waals surface area contributed by atoms with E-state index in [1.165, 1.54) is 57.8 Å². The van der Waals surface area contributed by atoms with Crippen LogP contribution in [-0.4, -0.2) is 24.4 Å². The zero-order valence-electron chi connectivity index (χ0n) is 16.3. The molecule has 0 aromatic carbocycles. The highest BCUT2D eigenvalue weighted by Crippen LogP contribution is 2.13. The molecular formula is C20H38N2O4. The molecule has 26 heavy (non-hydrogen) atoms. The van der Waals surface area contributed by atoms with Crippen molar-refractivity contribution >= 4 is 17.8 Å². The van der Waals surface area contributed by atoms with Crippen LogP contribution in [0.25, 0.3) is 0 Å². The van der Waals surface area contributed by atoms with Crippen LogP contribution in [0.3, 0.4) is 0 Å². The summed E-state index contributed by atoms with van der Waals surface area (Å²) in [6.45, 7) is -0.247. The van der Waals surface area contributed by atoms with Gasteiger partial charge in [0.05, 0.1) is 6.54 Å². The lowest BCUT2D eigenvalue weighted by atomic mass is 10.0. The number of amides is 1. The fourth-order valence-corrected chi connectivity index (χ4v) is 2.91. The quantitative estimate of drug-likeness (QED) is 0.217. The number of unbranched alkanes of at least 4 members (excludes halogenated alkanes) is 13. The molecule has 0 aromatic rings. The molecule has 0 unspecified atom stereocenters. The van der Waals surface area contributed by atoms with Crippen molar-refractivity contribution in [1.29, 1.82) is 0 Å². The SMILES string of the molecule is NCC(=O)OC(=O)CCCCCCCCCCCCCCCCC(N)=O. The number of esters is 2. The predicted molar refractivity (Wildman–Crippen MR) is 103 cm³/mol. The van der Waals surface area contributed by atoms with Gasteiger partial charge in [-0.3, -0.25) is 14.4 Å². The highest BCUT2D eigenvalue weighted by Gasteiger charge is 2.07. The molecule has 0 bridgehead atoms. The van der Waals surface area contributed by atoms with Gasteiger partial charge in [0.2, 0.25) is 5.91 Å². The van der Waals surface area contributed by atoms with Gasteiger partial charge in [0.1, 0.15) is 0 Å². The van der Waals surface area contributed by atoms with E-state index in [0.29, 0.717) is 12.8 Å². The fourth-order valence-electron chi connectivity index (χ4n) is 2.91. The topological polar surface area (TPSA) is 112 Å². The first-order chi connectivity index (χ1) is 12.6. The maximum atomic E-state index is 11.3. The monoisotopic (exact) mass is 370 g/mol. The lowest BCUT2D eigenvalue weighted by molar-refractivity contribution is -0.158. The van der Waals surface area contributed by atoms with E-state index in [0.717, 1.165) is 32.1 Å². The van der Waals surface area contributed by atoms with E-state index in [2.05, 4.69) is 4.74 Å². The summed E-state index contributed by atoms with van der Waals surface area (Å²) in [4.78, 5) is 32.7. The van der Waals surface area contributed by atoms with Gasteiger partial charge >= 0.3 is 11.9 Å². The van der Waals surface area contributed by atoms with E-state index < -0.39 is 11.9 Å². The second-order valence-corrected chi connectivity index (χ2v) is 6.97. The molecule has 0 aliphatic rings. The van der Waals surface area contributed by atoms with Gasteiger partial charge in [0, 0.05) is 12.8 Å². The zero-order chi connectivity index (χ0) is 19.5. The Morgan fingerprint density at radius 3 is 1.23 bits per heavy atom. The number of hydrogen-bond acceptors (Lipinski definition) is 5. The summed E-state index contributed by atoms with van der Waals surface area (Å²) in [7, 11) is 0. The third-order valence-electron chi connectivity index (χ3n) is 4.45. The van der Waals surface area contributed by atoms with Gasteiger partial charge < -0.3 is 16.2 Å². The Balaban J connectivity index is 3.14. The number of primary amides is 1. The van der Waals surface area contributed by atoms with E-state index in [1.54, 1.807) is 0 Å². The molecule has 0 radical (unpaired) electrons. The molecule has 0 saturated carbocycles. The normalized spacial score (nSPS) is 10.7. The van der Waals surface area contributed by atoms with Crippen LogP contribution in [0.2, 0.25) is 0 Å². The van der Waals surface area contributed by atoms with E-state index in [9.17, 15) is 14.4 Å². The minimum absolute atomic E-state index is 0.188. The maximum absolute atomic E-state index is 11.3. The van der Waals surface area contributed by atoms with Crippen molar-refractivity contribution < 1.29 is 19.1 Å². The molecule has 0 aromatic heterocycles. The molecule has 1 amide bonds. The Labute approximate surface area is 158 Å². The number of ether oxygens (including phenoxy) is 1. The summed E-state index contributed by atoms with van der Waals surface area (Å²) in [5.74, 6) is -1.31. The first-order valence-corrected chi connectivity index (χ1v) is 10.3. The molecule has 6 nitrogen and oxygen atoms in total. The van der Waals surface area contributed by atoms with Gasteiger partial charge in [-0.05, 0) is 12.8 Å². The highest BCUT2D eigenvalue weighted by atomic mass is 16.6. The summed E-state index contributed by atoms with van der Waals surface area (Å²) in [6.07, 6.45) is 17.2. The molecule has 0 fully saturated rings. The lowest BCUT2D eigenvalue weighted by Crippen LogP contribution is -2.20. The Bertz CT molecular complexity index is 386. The van der Waals surface area contributed by atoms with Crippen LogP contribution in [-0.2, 0) is 19.1 Å². The van der Waals surface area contributed by atoms with Crippen molar-refractivity contribution in [2.24, 2.45) is 11.5 Å². The van der Waals surface area contributed by atoms with E-state index in [4.69, 9.17) is 11.5 Å². The molecule has 0 saturated heterocycles. The lowest BCUT2D eigenvalue weighted by Gasteiger charge is -2.04. The minimum Gasteiger partial charge on any atom is -0.392 e. The van der Waals surface area contributed by atoms with Crippen LogP contribution in [0.15, 0.2) is 0 Å². The molecule has 0 rings (SSSR count). The number of rotatable bonds is 18. The molecular weight excluding hydrogens is 332 g/mol. The van der Waals surface area contributed by atoms with Gasteiger partial charge in [0.15, 0.2) is 0 Å². The van der Waals surface area contributed by atoms with Gasteiger partial charge in [-0.2, -0.15) is 0 Å². The van der Waals surface area contributed by atoms with Gasteiger partial charge in [-0.1, -0.05) is 77.0 Å². The Kier molecular flexibility index (Phi) is 17.4. The highest BCUT2D eigenvalue weighted by molar-refractivity contribution is 5.86. The average molecular weight is 371 g/mol. The molecule has 0 heterocycles. The Hall–Kier alpha value is -1.43. The Morgan fingerprint density at radius 1 is 0.538 bits per heavy atom. The molecule has 152 valence electrons. The molecule has 4 N–H and O–H groups in total. The molecule has 0 aliphatic heterocycles. The van der Waals surface area contributed by atoms with Gasteiger partial charge in [-0.25, -0.2) is 0 Å². The van der Waals surface area contributed by atoms with E-state index in [-0.39, 0.29) is 12.5 Å². The Morgan fingerprint density at radius 2 is 0.885 bits per heavy atom. The summed E-state index contributed by atoms with van der Waals surface area (Å²) in [6, 6.07) is 0. The number of carbonyl (C=O) groups excluding carboxylic acids is 3. The third-order valence-corrected chi connectivity index (χ3v) is 4.45. The van der Waals surface area contributed by atoms with Crippen LogP contribution in [0.4, 0.5) is 0 Å². The largest absolute Gasteiger partial charge is 0.392 e. The van der Waals surface area contributed by atoms with Crippen LogP contribution in [0.5, 0.6) is 0 Å². The summed E-state index contributed by atoms with van der Waals surface area (Å²) in [5, 5.41) is 0. The van der Waals surface area contributed by atoms with Crippen molar-refractivity contribution in [3.8, 4) is 0 Å².